The quantitative estimate of drug-likeness (QED) is 0.426. The first-order chi connectivity index (χ1) is 14.1. The summed E-state index contributed by atoms with van der Waals surface area (Å²) < 4.78 is 12.1. The Morgan fingerprint density at radius 2 is 2.00 bits per heavy atom. The van der Waals surface area contributed by atoms with Crippen molar-refractivity contribution in [3.63, 3.8) is 0 Å². The molecule has 0 atom stereocenters. The zero-order valence-electron chi connectivity index (χ0n) is 16.7. The van der Waals surface area contributed by atoms with Crippen molar-refractivity contribution in [1.29, 1.82) is 0 Å². The lowest BCUT2D eigenvalue weighted by atomic mass is 9.98. The Morgan fingerprint density at radius 1 is 1.17 bits per heavy atom. The molecule has 3 aromatic rings. The summed E-state index contributed by atoms with van der Waals surface area (Å²) in [6, 6.07) is 12.7. The minimum Gasteiger partial charge on any atom is -0.491 e. The van der Waals surface area contributed by atoms with Crippen LogP contribution < -0.4 is 4.74 Å². The number of H-pyrrole nitrogens is 1. The van der Waals surface area contributed by atoms with Crippen molar-refractivity contribution < 1.29 is 14.3 Å². The summed E-state index contributed by atoms with van der Waals surface area (Å²) in [6.07, 6.45) is 8.06. The van der Waals surface area contributed by atoms with Gasteiger partial charge in [0.25, 0.3) is 0 Å². The number of methoxy groups -OCH3 is 1. The van der Waals surface area contributed by atoms with Crippen LogP contribution in [0.5, 0.6) is 5.75 Å². The molecule has 1 aromatic heterocycles. The van der Waals surface area contributed by atoms with Crippen LogP contribution in [0.15, 0.2) is 47.1 Å². The molecule has 1 heterocycles. The third-order valence-corrected chi connectivity index (χ3v) is 6.34. The van der Waals surface area contributed by atoms with Crippen LogP contribution in [0, 0.1) is 5.92 Å². The van der Waals surface area contributed by atoms with Crippen LogP contribution in [0.2, 0.25) is 0 Å². The van der Waals surface area contributed by atoms with E-state index in [1.165, 1.54) is 38.2 Å². The second kappa shape index (κ2) is 9.04. The van der Waals surface area contributed by atoms with E-state index in [1.807, 2.05) is 6.20 Å². The van der Waals surface area contributed by atoms with Crippen molar-refractivity contribution in [2.75, 3.05) is 13.7 Å². The number of fused-ring (bicyclic) bond motifs is 1. The Hall–Kier alpha value is -2.27. The van der Waals surface area contributed by atoms with Crippen LogP contribution in [0.3, 0.4) is 0 Å². The van der Waals surface area contributed by atoms with Gasteiger partial charge in [-0.2, -0.15) is 0 Å². The van der Waals surface area contributed by atoms with E-state index in [9.17, 15) is 4.79 Å². The van der Waals surface area contributed by atoms with Crippen LogP contribution in [0.4, 0.5) is 0 Å². The van der Waals surface area contributed by atoms with Gasteiger partial charge in [-0.3, -0.25) is 4.79 Å². The number of ether oxygens (including phenoxy) is 2. The zero-order valence-corrected chi connectivity index (χ0v) is 18.3. The SMILES string of the molecule is COC(=O)CCc1cc(Br)c(OCC2CCCC2)c(-c2ccc3[nH]ccc3c2)c1. The number of hydrogen-bond donors (Lipinski definition) is 1. The first-order valence-electron chi connectivity index (χ1n) is 10.2. The molecule has 0 spiro atoms. The molecule has 152 valence electrons. The van der Waals surface area contributed by atoms with Gasteiger partial charge in [0.1, 0.15) is 5.75 Å². The second-order valence-electron chi connectivity index (χ2n) is 7.77. The van der Waals surface area contributed by atoms with E-state index in [-0.39, 0.29) is 5.97 Å². The Morgan fingerprint density at radius 3 is 2.79 bits per heavy atom. The molecule has 1 aliphatic carbocycles. The predicted molar refractivity (Wildman–Crippen MR) is 119 cm³/mol. The number of rotatable bonds is 7. The van der Waals surface area contributed by atoms with E-state index in [0.29, 0.717) is 18.8 Å². The van der Waals surface area contributed by atoms with Crippen molar-refractivity contribution in [3.8, 4) is 16.9 Å². The van der Waals surface area contributed by atoms with Crippen LogP contribution in [0.25, 0.3) is 22.0 Å². The Kier molecular flexibility index (Phi) is 6.24. The molecule has 29 heavy (non-hydrogen) atoms. The van der Waals surface area contributed by atoms with Gasteiger partial charge in [-0.05, 0) is 88.0 Å². The number of aryl methyl sites for hydroxylation is 1. The fourth-order valence-corrected chi connectivity index (χ4v) is 4.72. The van der Waals surface area contributed by atoms with E-state index in [0.717, 1.165) is 39.0 Å². The molecular weight excluding hydrogens is 430 g/mol. The summed E-state index contributed by atoms with van der Waals surface area (Å²) in [5, 5.41) is 1.17. The lowest BCUT2D eigenvalue weighted by Crippen LogP contribution is -2.09. The molecule has 4 rings (SSSR count). The van der Waals surface area contributed by atoms with Gasteiger partial charge in [0.2, 0.25) is 0 Å². The maximum Gasteiger partial charge on any atom is 0.305 e. The Balaban J connectivity index is 1.68. The molecule has 1 saturated carbocycles. The topological polar surface area (TPSA) is 51.3 Å². The highest BCUT2D eigenvalue weighted by molar-refractivity contribution is 9.10. The fraction of sp³-hybridized carbons (Fsp3) is 0.375. The van der Waals surface area contributed by atoms with E-state index in [4.69, 9.17) is 9.47 Å². The second-order valence-corrected chi connectivity index (χ2v) is 8.63. The molecule has 0 unspecified atom stereocenters. The number of aromatic nitrogens is 1. The molecule has 2 aromatic carbocycles. The predicted octanol–water partition coefficient (Wildman–Crippen LogP) is 6.27. The van der Waals surface area contributed by atoms with Crippen LogP contribution >= 0.6 is 15.9 Å². The summed E-state index contributed by atoms with van der Waals surface area (Å²) in [6.45, 7) is 0.750. The lowest BCUT2D eigenvalue weighted by molar-refractivity contribution is -0.140. The van der Waals surface area contributed by atoms with Gasteiger partial charge in [0.05, 0.1) is 18.2 Å². The molecular formula is C24H26BrNO3. The molecule has 0 aliphatic heterocycles. The molecule has 0 saturated heterocycles. The average molecular weight is 456 g/mol. The maximum absolute atomic E-state index is 11.6. The summed E-state index contributed by atoms with van der Waals surface area (Å²) in [7, 11) is 1.43. The smallest absolute Gasteiger partial charge is 0.305 e. The Labute approximate surface area is 179 Å². The molecule has 5 heteroatoms. The summed E-state index contributed by atoms with van der Waals surface area (Å²) in [5.41, 5.74) is 4.36. The molecule has 1 fully saturated rings. The number of carbonyl (C=O) groups excluding carboxylic acids is 1. The number of hydrogen-bond acceptors (Lipinski definition) is 3. The number of aromatic amines is 1. The highest BCUT2D eigenvalue weighted by atomic mass is 79.9. The standard InChI is InChI=1S/C24H26BrNO3/c1-28-23(27)9-6-17-12-20(18-7-8-22-19(14-18)10-11-26-22)24(21(25)13-17)29-15-16-4-2-3-5-16/h7-8,10-14,16,26H,2-6,9,15H2,1H3. The summed E-state index contributed by atoms with van der Waals surface area (Å²) >= 11 is 3.72. The van der Waals surface area contributed by atoms with Gasteiger partial charge in [-0.25, -0.2) is 0 Å². The summed E-state index contributed by atoms with van der Waals surface area (Å²) in [4.78, 5) is 14.8. The number of nitrogens with one attached hydrogen (secondary N) is 1. The molecule has 0 amide bonds. The van der Waals surface area contributed by atoms with Gasteiger partial charge >= 0.3 is 5.97 Å². The van der Waals surface area contributed by atoms with Crippen molar-refractivity contribution in [3.05, 3.63) is 52.6 Å². The highest BCUT2D eigenvalue weighted by Crippen LogP contribution is 2.40. The van der Waals surface area contributed by atoms with Gasteiger partial charge in [0, 0.05) is 23.7 Å². The number of benzene rings is 2. The first-order valence-corrected chi connectivity index (χ1v) is 11.0. The first kappa shape index (κ1) is 20.0. The van der Waals surface area contributed by atoms with Crippen molar-refractivity contribution in [2.45, 2.75) is 38.5 Å². The van der Waals surface area contributed by atoms with Gasteiger partial charge in [-0.1, -0.05) is 18.9 Å². The third-order valence-electron chi connectivity index (χ3n) is 5.75. The maximum atomic E-state index is 11.6. The number of halogens is 1. The molecule has 0 radical (unpaired) electrons. The van der Waals surface area contributed by atoms with Crippen molar-refractivity contribution in [1.82, 2.24) is 4.98 Å². The third kappa shape index (κ3) is 4.67. The van der Waals surface area contributed by atoms with Crippen molar-refractivity contribution in [2.24, 2.45) is 5.92 Å². The minimum atomic E-state index is -0.196. The lowest BCUT2D eigenvalue weighted by Gasteiger charge is -2.18. The van der Waals surface area contributed by atoms with E-state index < -0.39 is 0 Å². The zero-order chi connectivity index (χ0) is 20.2. The van der Waals surface area contributed by atoms with E-state index in [2.05, 4.69) is 57.3 Å². The van der Waals surface area contributed by atoms with Crippen LogP contribution in [-0.2, 0) is 16.0 Å². The molecule has 1 N–H and O–H groups in total. The monoisotopic (exact) mass is 455 g/mol. The Bertz CT molecular complexity index is 1000. The number of esters is 1. The molecule has 1 aliphatic rings. The van der Waals surface area contributed by atoms with Gasteiger partial charge < -0.3 is 14.5 Å². The summed E-state index contributed by atoms with van der Waals surface area (Å²) in [5.74, 6) is 1.33. The minimum absolute atomic E-state index is 0.196. The average Bonchev–Trinajstić information content (AvgIpc) is 3.41. The van der Waals surface area contributed by atoms with E-state index >= 15 is 0 Å². The fourth-order valence-electron chi connectivity index (χ4n) is 4.10. The van der Waals surface area contributed by atoms with Crippen LogP contribution in [0.1, 0.15) is 37.7 Å². The van der Waals surface area contributed by atoms with Crippen LogP contribution in [-0.4, -0.2) is 24.7 Å². The molecule has 4 nitrogen and oxygen atoms in total. The van der Waals surface area contributed by atoms with E-state index in [1.54, 1.807) is 0 Å². The van der Waals surface area contributed by atoms with Crippen molar-refractivity contribution >= 4 is 32.8 Å². The molecule has 0 bridgehead atoms. The van der Waals surface area contributed by atoms with Gasteiger partial charge in [-0.15, -0.1) is 0 Å². The normalized spacial score (nSPS) is 14.4. The van der Waals surface area contributed by atoms with Gasteiger partial charge in [0.15, 0.2) is 0 Å². The largest absolute Gasteiger partial charge is 0.491 e. The highest BCUT2D eigenvalue weighted by Gasteiger charge is 2.19. The number of carbonyl (C=O) groups is 1.